The number of carbonyl (C=O) groups excluding carboxylic acids is 1. The summed E-state index contributed by atoms with van der Waals surface area (Å²) in [6, 6.07) is 22.7. The molecule has 44 heavy (non-hydrogen) atoms. The summed E-state index contributed by atoms with van der Waals surface area (Å²) >= 11 is 0. The van der Waals surface area contributed by atoms with Crippen molar-refractivity contribution >= 4 is 76.6 Å². The molecule has 0 saturated heterocycles. The van der Waals surface area contributed by atoms with Crippen molar-refractivity contribution in [2.24, 2.45) is 0 Å². The fourth-order valence-corrected chi connectivity index (χ4v) is 232. The lowest BCUT2D eigenvalue weighted by molar-refractivity contribution is 0.0992. The van der Waals surface area contributed by atoms with Gasteiger partial charge in [-0.3, -0.25) is 4.79 Å². The Kier molecular flexibility index (Phi) is 8.08. The standard InChI is InChI=1S/C36H55NOSi6/c1-37(2)34-24-23-31(27-19-15-17-21-29(27)34)36-32-25-35(38)30-22-18-16-20-28(30)33(32)26-43(39(3,4)5,40(6,7)8)44(36,41(9,10)11)42(12,13)14/h15-24,26H,25H2,1-14H3. The number of rotatable bonds is 6. The van der Waals surface area contributed by atoms with Crippen LogP contribution in [0.1, 0.15) is 27.9 Å². The zero-order valence-corrected chi connectivity index (χ0v) is 35.9. The molecule has 2 aliphatic rings. The minimum Gasteiger partial charge on any atom is -0.377 e. The molecule has 1 aliphatic carbocycles. The van der Waals surface area contributed by atoms with E-state index in [1.807, 2.05) is 0 Å². The molecule has 8 heteroatoms. The maximum Gasteiger partial charge on any atom is 0.167 e. The highest BCUT2D eigenvalue weighted by Gasteiger charge is 2.76. The van der Waals surface area contributed by atoms with Crippen LogP contribution in [0.15, 0.2) is 71.9 Å². The van der Waals surface area contributed by atoms with Gasteiger partial charge >= 0.3 is 0 Å². The first-order valence-corrected chi connectivity index (χ1v) is 39.5. The molecule has 1 aliphatic heterocycles. The predicted molar refractivity (Wildman–Crippen MR) is 213 cm³/mol. The molecule has 234 valence electrons. The molecule has 3 aromatic carbocycles. The molecule has 3 aromatic rings. The molecule has 0 saturated carbocycles. The van der Waals surface area contributed by atoms with Crippen molar-refractivity contribution in [2.45, 2.75) is 85.0 Å². The summed E-state index contributed by atoms with van der Waals surface area (Å²) in [7, 11) is -2.87. The molecule has 5 rings (SSSR count). The molecule has 0 spiro atoms. The van der Waals surface area contributed by atoms with E-state index < -0.39 is 43.6 Å². The van der Waals surface area contributed by atoms with Crippen molar-refractivity contribution in [1.82, 2.24) is 0 Å². The Bertz CT molecular complexity index is 1700. The van der Waals surface area contributed by atoms with E-state index in [0.29, 0.717) is 12.2 Å². The van der Waals surface area contributed by atoms with E-state index in [0.717, 1.165) is 5.56 Å². The third-order valence-electron chi connectivity index (χ3n) is 11.1. The molecule has 0 fully saturated rings. The first kappa shape index (κ1) is 33.5. The number of Topliss-reactive ketones (excluding diaryl/α,β-unsaturated/α-hetero) is 1. The number of hydrogen-bond acceptors (Lipinski definition) is 2. The SMILES string of the molecule is CN(C)c1ccc(C2=C3CC(=O)c4ccccc4C3=C[Si]([Si](C)(C)C)([Si](C)(C)C)[Si]2([Si](C)(C)C)[Si](C)(C)C)c2ccccc12. The number of ketones is 1. The molecule has 0 N–H and O–H groups in total. The summed E-state index contributed by atoms with van der Waals surface area (Å²) in [5.74, 6) is 0.309. The van der Waals surface area contributed by atoms with Crippen LogP contribution in [-0.2, 0) is 0 Å². The highest BCUT2D eigenvalue weighted by molar-refractivity contribution is 8.13. The zero-order valence-electron chi connectivity index (χ0n) is 29.9. The molecule has 0 bridgehead atoms. The van der Waals surface area contributed by atoms with Crippen molar-refractivity contribution in [1.29, 1.82) is 0 Å². The quantitative estimate of drug-likeness (QED) is 0.241. The number of carbonyl (C=O) groups is 1. The smallest absolute Gasteiger partial charge is 0.167 e. The number of allylic oxidation sites excluding steroid dienone is 2. The Labute approximate surface area is 272 Å². The van der Waals surface area contributed by atoms with Crippen LogP contribution in [0.4, 0.5) is 5.69 Å². The fraction of sp³-hybridized carbons (Fsp3) is 0.417. The van der Waals surface area contributed by atoms with E-state index in [1.165, 1.54) is 38.7 Å². The maximum absolute atomic E-state index is 14.2. The number of nitrogens with zero attached hydrogens (tertiary/aromatic N) is 1. The van der Waals surface area contributed by atoms with Crippen LogP contribution < -0.4 is 4.90 Å². The van der Waals surface area contributed by atoms with Crippen molar-refractivity contribution in [3.8, 4) is 0 Å². The van der Waals surface area contributed by atoms with E-state index in [2.05, 4.69) is 164 Å². The topological polar surface area (TPSA) is 20.3 Å². The second-order valence-electron chi connectivity index (χ2n) is 17.7. The Morgan fingerprint density at radius 1 is 0.591 bits per heavy atom. The van der Waals surface area contributed by atoms with Gasteiger partial charge in [0.1, 0.15) is 0 Å². The molecule has 0 atom stereocenters. The molecular formula is C36H55NOSi6. The van der Waals surface area contributed by atoms with Gasteiger partial charge in [0.25, 0.3) is 0 Å². The molecule has 0 aromatic heterocycles. The van der Waals surface area contributed by atoms with Crippen LogP contribution >= 0.6 is 0 Å². The van der Waals surface area contributed by atoms with Crippen LogP contribution in [0.25, 0.3) is 21.5 Å². The number of anilines is 1. The van der Waals surface area contributed by atoms with Crippen LogP contribution in [0, 0.1) is 0 Å². The van der Waals surface area contributed by atoms with Crippen molar-refractivity contribution in [3.63, 3.8) is 0 Å². The maximum atomic E-state index is 14.2. The van der Waals surface area contributed by atoms with Crippen LogP contribution in [0.3, 0.4) is 0 Å². The minimum atomic E-state index is -2.25. The Morgan fingerprint density at radius 3 is 1.59 bits per heavy atom. The second kappa shape index (κ2) is 10.6. The molecular weight excluding hydrogens is 631 g/mol. The lowest BCUT2D eigenvalue weighted by Gasteiger charge is -2.70. The Balaban J connectivity index is 2.17. The van der Waals surface area contributed by atoms with E-state index in [4.69, 9.17) is 0 Å². The van der Waals surface area contributed by atoms with Gasteiger partial charge in [-0.25, -0.2) is 0 Å². The average molecular weight is 686 g/mol. The monoisotopic (exact) mass is 685 g/mol. The molecule has 1 heterocycles. The molecule has 0 radical (unpaired) electrons. The highest BCUT2D eigenvalue weighted by atomic mass is 30.2. The van der Waals surface area contributed by atoms with E-state index >= 15 is 0 Å². The first-order valence-electron chi connectivity index (χ1n) is 16.4. The third kappa shape index (κ3) is 4.49. The first-order chi connectivity index (χ1) is 20.1. The van der Waals surface area contributed by atoms with Gasteiger partial charge in [-0.2, -0.15) is 0 Å². The summed E-state index contributed by atoms with van der Waals surface area (Å²) in [5, 5.41) is 4.48. The van der Waals surface area contributed by atoms with Gasteiger partial charge in [0.05, 0.1) is 13.3 Å². The Hall–Kier alpha value is -1.83. The number of fused-ring (bicyclic) bond motifs is 4. The molecule has 0 unspecified atom stereocenters. The number of benzene rings is 3. The van der Waals surface area contributed by atoms with Gasteiger partial charge in [0.15, 0.2) is 5.78 Å². The summed E-state index contributed by atoms with van der Waals surface area (Å²) < 4.78 is 0. The summed E-state index contributed by atoms with van der Waals surface area (Å²) in [6.45, 7) is 28.9. The van der Waals surface area contributed by atoms with Crippen molar-refractivity contribution in [3.05, 3.63) is 88.6 Å². The van der Waals surface area contributed by atoms with Gasteiger partial charge < -0.3 is 4.90 Å². The fourth-order valence-electron chi connectivity index (χ4n) is 10.6. The second-order valence-corrected chi connectivity index (χ2v) is 80.4. The minimum absolute atomic E-state index is 0.309. The van der Waals surface area contributed by atoms with Crippen molar-refractivity contribution < 1.29 is 4.79 Å². The predicted octanol–water partition coefficient (Wildman–Crippen LogP) is 10.1. The Morgan fingerprint density at radius 2 is 1.09 bits per heavy atom. The summed E-state index contributed by atoms with van der Waals surface area (Å²) in [4.78, 5) is 16.5. The molecule has 2 nitrogen and oxygen atoms in total. The lowest BCUT2D eigenvalue weighted by atomic mass is 9.82. The highest BCUT2D eigenvalue weighted by Crippen LogP contribution is 2.60. The van der Waals surface area contributed by atoms with Gasteiger partial charge in [-0.15, -0.1) is 0 Å². The third-order valence-corrected chi connectivity index (χ3v) is 135. The number of hydrogen-bond donors (Lipinski definition) is 0. The largest absolute Gasteiger partial charge is 0.377 e. The lowest BCUT2D eigenvalue weighted by Crippen LogP contribution is -2.97. The summed E-state index contributed by atoms with van der Waals surface area (Å²) in [5.41, 5.74) is 10.9. The van der Waals surface area contributed by atoms with Crippen LogP contribution in [-0.4, -0.2) is 63.5 Å². The van der Waals surface area contributed by atoms with Gasteiger partial charge in [0.2, 0.25) is 0 Å². The normalized spacial score (nSPS) is 18.6. The van der Waals surface area contributed by atoms with Gasteiger partial charge in [-0.05, 0) is 33.7 Å². The summed E-state index contributed by atoms with van der Waals surface area (Å²) in [6.07, 6.45) is 0.549. The van der Waals surface area contributed by atoms with E-state index in [1.54, 1.807) is 5.20 Å². The van der Waals surface area contributed by atoms with Gasteiger partial charge in [0, 0.05) is 67.5 Å². The van der Waals surface area contributed by atoms with Crippen molar-refractivity contribution in [2.75, 3.05) is 19.0 Å². The van der Waals surface area contributed by atoms with Crippen LogP contribution in [0.5, 0.6) is 0 Å². The molecule has 0 amide bonds. The zero-order chi connectivity index (χ0) is 32.8. The average Bonchev–Trinajstić information content (AvgIpc) is 2.89. The van der Waals surface area contributed by atoms with E-state index in [9.17, 15) is 4.79 Å². The van der Waals surface area contributed by atoms with Gasteiger partial charge in [-0.1, -0.05) is 144 Å². The van der Waals surface area contributed by atoms with Crippen LogP contribution in [0.2, 0.25) is 78.6 Å². The van der Waals surface area contributed by atoms with E-state index in [-0.39, 0.29) is 0 Å².